The van der Waals surface area contributed by atoms with Crippen LogP contribution in [0, 0.1) is 11.3 Å². The van der Waals surface area contributed by atoms with Crippen molar-refractivity contribution in [1.82, 2.24) is 4.90 Å². The van der Waals surface area contributed by atoms with Crippen molar-refractivity contribution in [3.8, 4) is 0 Å². The Morgan fingerprint density at radius 2 is 1.60 bits per heavy atom. The third kappa shape index (κ3) is 2.72. The van der Waals surface area contributed by atoms with Crippen molar-refractivity contribution >= 4 is 17.8 Å². The Labute approximate surface area is 119 Å². The number of likely N-dealkylation sites (tertiary alicyclic amines) is 1. The number of amides is 2. The predicted molar refractivity (Wildman–Crippen MR) is 72.9 cm³/mol. The normalized spacial score (nSPS) is 24.2. The zero-order chi connectivity index (χ0) is 14.9. The van der Waals surface area contributed by atoms with Crippen LogP contribution in [0.25, 0.3) is 0 Å². The fraction of sp³-hybridized carbons (Fsp3) is 0.800. The highest BCUT2D eigenvalue weighted by molar-refractivity contribution is 6.02. The molecule has 1 atom stereocenters. The van der Waals surface area contributed by atoms with Crippen molar-refractivity contribution in [2.45, 2.75) is 64.8 Å². The van der Waals surface area contributed by atoms with E-state index in [4.69, 9.17) is 0 Å². The van der Waals surface area contributed by atoms with Gasteiger partial charge in [-0.15, -0.1) is 0 Å². The maximum Gasteiger partial charge on any atom is 0.327 e. The lowest BCUT2D eigenvalue weighted by atomic mass is 9.67. The summed E-state index contributed by atoms with van der Waals surface area (Å²) < 4.78 is 0. The molecule has 2 rings (SSSR count). The Kier molecular flexibility index (Phi) is 4.16. The number of carbonyl (C=O) groups excluding carboxylic acids is 2. The second-order valence-corrected chi connectivity index (χ2v) is 6.60. The second kappa shape index (κ2) is 5.54. The minimum Gasteiger partial charge on any atom is -0.480 e. The Balaban J connectivity index is 2.20. The molecule has 2 fully saturated rings. The molecule has 1 aliphatic heterocycles. The van der Waals surface area contributed by atoms with Gasteiger partial charge in [-0.1, -0.05) is 33.1 Å². The van der Waals surface area contributed by atoms with Crippen LogP contribution in [0.5, 0.6) is 0 Å². The van der Waals surface area contributed by atoms with Crippen LogP contribution in [0.3, 0.4) is 0 Å². The summed E-state index contributed by atoms with van der Waals surface area (Å²) in [7, 11) is 0. The fourth-order valence-corrected chi connectivity index (χ4v) is 3.67. The molecule has 1 saturated heterocycles. The number of aliphatic carboxylic acids is 1. The molecule has 5 heteroatoms. The van der Waals surface area contributed by atoms with Crippen molar-refractivity contribution in [3.63, 3.8) is 0 Å². The number of carbonyl (C=O) groups is 3. The third-order valence-corrected chi connectivity index (χ3v) is 4.67. The summed E-state index contributed by atoms with van der Waals surface area (Å²) in [5, 5.41) is 9.29. The van der Waals surface area contributed by atoms with Gasteiger partial charge in [0.15, 0.2) is 0 Å². The van der Waals surface area contributed by atoms with Crippen LogP contribution in [-0.4, -0.2) is 33.8 Å². The summed E-state index contributed by atoms with van der Waals surface area (Å²) in [6.07, 6.45) is 5.78. The van der Waals surface area contributed by atoms with E-state index in [0.29, 0.717) is 12.8 Å². The van der Waals surface area contributed by atoms with Gasteiger partial charge in [0.25, 0.3) is 0 Å². The molecule has 0 aromatic rings. The first-order chi connectivity index (χ1) is 9.36. The van der Waals surface area contributed by atoms with E-state index in [2.05, 4.69) is 0 Å². The van der Waals surface area contributed by atoms with Crippen LogP contribution in [-0.2, 0) is 14.4 Å². The first-order valence-electron chi connectivity index (χ1n) is 7.44. The number of imide groups is 1. The number of hydrogen-bond donors (Lipinski definition) is 1. The number of carboxylic acid groups (broad SMARTS) is 1. The van der Waals surface area contributed by atoms with Gasteiger partial charge in [0.1, 0.15) is 6.04 Å². The molecule has 1 heterocycles. The SMILES string of the molecule is CC(C)C(C(=O)O)N1C(=O)CC2(CCCCC2)CC1=O. The average molecular weight is 281 g/mol. The molecule has 0 radical (unpaired) electrons. The van der Waals surface area contributed by atoms with Gasteiger partial charge in [-0.25, -0.2) is 4.79 Å². The Morgan fingerprint density at radius 3 is 2.00 bits per heavy atom. The maximum atomic E-state index is 12.4. The summed E-state index contributed by atoms with van der Waals surface area (Å²) in [5.74, 6) is -1.98. The van der Waals surface area contributed by atoms with E-state index in [1.54, 1.807) is 13.8 Å². The largest absolute Gasteiger partial charge is 0.480 e. The van der Waals surface area contributed by atoms with Gasteiger partial charge in [-0.05, 0) is 24.2 Å². The van der Waals surface area contributed by atoms with E-state index in [1.165, 1.54) is 0 Å². The maximum absolute atomic E-state index is 12.4. The molecule has 1 N–H and O–H groups in total. The molecule has 2 amide bonds. The lowest BCUT2D eigenvalue weighted by molar-refractivity contribution is -0.167. The van der Waals surface area contributed by atoms with Gasteiger partial charge in [0.2, 0.25) is 11.8 Å². The quantitative estimate of drug-likeness (QED) is 0.805. The number of rotatable bonds is 3. The molecule has 1 saturated carbocycles. The number of hydrogen-bond acceptors (Lipinski definition) is 3. The smallest absolute Gasteiger partial charge is 0.327 e. The fourth-order valence-electron chi connectivity index (χ4n) is 3.67. The minimum absolute atomic E-state index is 0.192. The van der Waals surface area contributed by atoms with Crippen LogP contribution >= 0.6 is 0 Å². The molecule has 1 aliphatic carbocycles. The molecule has 112 valence electrons. The van der Waals surface area contributed by atoms with E-state index >= 15 is 0 Å². The van der Waals surface area contributed by atoms with Crippen molar-refractivity contribution in [3.05, 3.63) is 0 Å². The Hall–Kier alpha value is -1.39. The molecule has 1 unspecified atom stereocenters. The van der Waals surface area contributed by atoms with Gasteiger partial charge in [-0.3, -0.25) is 14.5 Å². The summed E-state index contributed by atoms with van der Waals surface area (Å²) in [5.41, 5.74) is -0.192. The van der Waals surface area contributed by atoms with Gasteiger partial charge in [0.05, 0.1) is 0 Å². The zero-order valence-corrected chi connectivity index (χ0v) is 12.2. The lowest BCUT2D eigenvalue weighted by Crippen LogP contribution is -2.56. The predicted octanol–water partition coefficient (Wildman–Crippen LogP) is 2.20. The minimum atomic E-state index is -1.10. The molecule has 0 aromatic heterocycles. The molecular weight excluding hydrogens is 258 g/mol. The number of nitrogens with zero attached hydrogens (tertiary/aromatic N) is 1. The van der Waals surface area contributed by atoms with E-state index in [9.17, 15) is 19.5 Å². The van der Waals surface area contributed by atoms with E-state index in [1.807, 2.05) is 0 Å². The van der Waals surface area contributed by atoms with Crippen molar-refractivity contribution in [2.75, 3.05) is 0 Å². The summed E-state index contributed by atoms with van der Waals surface area (Å²) >= 11 is 0. The van der Waals surface area contributed by atoms with Crippen LogP contribution in [0.2, 0.25) is 0 Å². The highest BCUT2D eigenvalue weighted by Gasteiger charge is 2.48. The van der Waals surface area contributed by atoms with Crippen LogP contribution in [0.4, 0.5) is 0 Å². The Morgan fingerprint density at radius 1 is 1.10 bits per heavy atom. The van der Waals surface area contributed by atoms with E-state index in [-0.39, 0.29) is 23.1 Å². The van der Waals surface area contributed by atoms with E-state index < -0.39 is 12.0 Å². The molecule has 0 aromatic carbocycles. The van der Waals surface area contributed by atoms with Crippen LogP contribution in [0.15, 0.2) is 0 Å². The van der Waals surface area contributed by atoms with Gasteiger partial charge in [0, 0.05) is 12.8 Å². The van der Waals surface area contributed by atoms with Crippen LogP contribution < -0.4 is 0 Å². The van der Waals surface area contributed by atoms with Crippen LogP contribution in [0.1, 0.15) is 58.8 Å². The van der Waals surface area contributed by atoms with Crippen molar-refractivity contribution < 1.29 is 19.5 Å². The summed E-state index contributed by atoms with van der Waals surface area (Å²) in [6.45, 7) is 3.45. The number of piperidine rings is 1. The topological polar surface area (TPSA) is 74.7 Å². The van der Waals surface area contributed by atoms with Crippen molar-refractivity contribution in [2.24, 2.45) is 11.3 Å². The van der Waals surface area contributed by atoms with Gasteiger partial charge in [-0.2, -0.15) is 0 Å². The van der Waals surface area contributed by atoms with Gasteiger partial charge >= 0.3 is 5.97 Å². The highest BCUT2D eigenvalue weighted by Crippen LogP contribution is 2.45. The second-order valence-electron chi connectivity index (χ2n) is 6.60. The Bertz CT molecular complexity index is 404. The first kappa shape index (κ1) is 15.0. The number of carboxylic acids is 1. The monoisotopic (exact) mass is 281 g/mol. The molecule has 0 bridgehead atoms. The van der Waals surface area contributed by atoms with E-state index in [0.717, 1.165) is 37.0 Å². The van der Waals surface area contributed by atoms with Crippen molar-refractivity contribution in [1.29, 1.82) is 0 Å². The third-order valence-electron chi connectivity index (χ3n) is 4.67. The molecule has 1 spiro atoms. The highest BCUT2D eigenvalue weighted by atomic mass is 16.4. The lowest BCUT2D eigenvalue weighted by Gasteiger charge is -2.44. The average Bonchev–Trinajstić information content (AvgIpc) is 2.33. The molecule has 2 aliphatic rings. The molecule has 20 heavy (non-hydrogen) atoms. The summed E-state index contributed by atoms with van der Waals surface area (Å²) in [4.78, 5) is 37.1. The standard InChI is InChI=1S/C15H23NO4/c1-10(2)13(14(19)20)16-11(17)8-15(9-12(16)18)6-4-3-5-7-15/h10,13H,3-9H2,1-2H3,(H,19,20). The molecular formula is C15H23NO4. The van der Waals surface area contributed by atoms with Gasteiger partial charge < -0.3 is 5.11 Å². The summed E-state index contributed by atoms with van der Waals surface area (Å²) in [6, 6.07) is -1.03. The molecule has 5 nitrogen and oxygen atoms in total. The first-order valence-corrected chi connectivity index (χ1v) is 7.44. The zero-order valence-electron chi connectivity index (χ0n) is 12.2.